The first-order valence-corrected chi connectivity index (χ1v) is 12.2. The van der Waals surface area contributed by atoms with Crippen molar-refractivity contribution < 1.29 is 27.5 Å². The molecular weight excluding hydrogens is 466 g/mol. The number of thiazole rings is 1. The second kappa shape index (κ2) is 10.6. The number of nitrogens with one attached hydrogen (secondary N) is 2. The summed E-state index contributed by atoms with van der Waals surface area (Å²) < 4.78 is 37.1. The van der Waals surface area contributed by atoms with Gasteiger partial charge in [-0.15, -0.1) is 11.3 Å². The van der Waals surface area contributed by atoms with E-state index in [9.17, 15) is 18.0 Å². The Hall–Kier alpha value is -3.28. The summed E-state index contributed by atoms with van der Waals surface area (Å²) in [5.41, 5.74) is 2.17. The van der Waals surface area contributed by atoms with Gasteiger partial charge in [-0.1, -0.05) is 12.1 Å². The van der Waals surface area contributed by atoms with Gasteiger partial charge in [0.05, 0.1) is 22.7 Å². The van der Waals surface area contributed by atoms with Crippen molar-refractivity contribution in [2.75, 3.05) is 19.0 Å². The molecule has 2 N–H and O–H groups in total. The lowest BCUT2D eigenvalue weighted by atomic mass is 10.1. The van der Waals surface area contributed by atoms with Gasteiger partial charge in [-0.05, 0) is 50.2 Å². The van der Waals surface area contributed by atoms with Crippen molar-refractivity contribution in [1.82, 2.24) is 9.71 Å². The number of sulfonamides is 1. The van der Waals surface area contributed by atoms with Gasteiger partial charge < -0.3 is 14.8 Å². The Balaban J connectivity index is 1.53. The average molecular weight is 490 g/mol. The number of ether oxygens (including phenoxy) is 2. The fourth-order valence-electron chi connectivity index (χ4n) is 2.81. The third-order valence-electron chi connectivity index (χ3n) is 4.46. The van der Waals surface area contributed by atoms with Crippen LogP contribution in [-0.2, 0) is 24.3 Å². The van der Waals surface area contributed by atoms with Crippen molar-refractivity contribution in [2.45, 2.75) is 24.8 Å². The lowest BCUT2D eigenvalue weighted by molar-refractivity contribution is -0.148. The SMILES string of the molecule is COc1ccc(S(=O)(=O)N[C@@H](C)C(=O)OCC(=O)Nc2cccc(-c3csc(C)n3)c2)cc1. The number of nitrogens with zero attached hydrogens (tertiary/aromatic N) is 1. The number of benzene rings is 2. The molecule has 1 atom stereocenters. The Labute approximate surface area is 195 Å². The zero-order chi connectivity index (χ0) is 24.0. The summed E-state index contributed by atoms with van der Waals surface area (Å²) in [6.45, 7) is 2.68. The van der Waals surface area contributed by atoms with E-state index in [1.165, 1.54) is 49.6 Å². The molecule has 1 amide bonds. The molecule has 0 bridgehead atoms. The van der Waals surface area contributed by atoms with E-state index < -0.39 is 34.5 Å². The molecule has 11 heteroatoms. The highest BCUT2D eigenvalue weighted by molar-refractivity contribution is 7.89. The van der Waals surface area contributed by atoms with Crippen LogP contribution in [0.15, 0.2) is 58.8 Å². The van der Waals surface area contributed by atoms with Crippen LogP contribution in [0.3, 0.4) is 0 Å². The molecule has 174 valence electrons. The molecule has 0 aliphatic carbocycles. The predicted molar refractivity (Wildman–Crippen MR) is 125 cm³/mol. The molecule has 33 heavy (non-hydrogen) atoms. The maximum atomic E-state index is 12.4. The molecule has 0 aliphatic rings. The number of aryl methyl sites for hydroxylation is 1. The van der Waals surface area contributed by atoms with Gasteiger partial charge in [0.25, 0.3) is 5.91 Å². The maximum Gasteiger partial charge on any atom is 0.324 e. The first-order valence-electron chi connectivity index (χ1n) is 9.83. The summed E-state index contributed by atoms with van der Waals surface area (Å²) in [6.07, 6.45) is 0. The fraction of sp³-hybridized carbons (Fsp3) is 0.227. The monoisotopic (exact) mass is 489 g/mol. The predicted octanol–water partition coefficient (Wildman–Crippen LogP) is 2.98. The van der Waals surface area contributed by atoms with Crippen molar-refractivity contribution in [3.8, 4) is 17.0 Å². The molecule has 1 heterocycles. The number of carbonyl (C=O) groups is 2. The van der Waals surface area contributed by atoms with Crippen LogP contribution in [0.25, 0.3) is 11.3 Å². The molecular formula is C22H23N3O6S2. The third kappa shape index (κ3) is 6.60. The number of esters is 1. The molecule has 0 aliphatic heterocycles. The zero-order valence-electron chi connectivity index (χ0n) is 18.2. The lowest BCUT2D eigenvalue weighted by Gasteiger charge is -2.14. The molecule has 0 radical (unpaired) electrons. The summed E-state index contributed by atoms with van der Waals surface area (Å²) in [5.74, 6) is -0.936. The molecule has 2 aromatic carbocycles. The van der Waals surface area contributed by atoms with Crippen LogP contribution < -0.4 is 14.8 Å². The molecule has 0 saturated heterocycles. The van der Waals surface area contributed by atoms with Gasteiger partial charge in [-0.25, -0.2) is 13.4 Å². The first kappa shape index (κ1) is 24.4. The Morgan fingerprint density at radius 1 is 1.15 bits per heavy atom. The molecule has 0 saturated carbocycles. The van der Waals surface area contributed by atoms with Gasteiger partial charge in [0.15, 0.2) is 6.61 Å². The van der Waals surface area contributed by atoms with Crippen LogP contribution in [0.4, 0.5) is 5.69 Å². The van der Waals surface area contributed by atoms with Crippen LogP contribution in [-0.4, -0.2) is 45.0 Å². The molecule has 3 rings (SSSR count). The highest BCUT2D eigenvalue weighted by Gasteiger charge is 2.23. The largest absolute Gasteiger partial charge is 0.497 e. The number of hydrogen-bond acceptors (Lipinski definition) is 8. The minimum absolute atomic E-state index is 0.0316. The van der Waals surface area contributed by atoms with Crippen molar-refractivity contribution >= 4 is 38.9 Å². The van der Waals surface area contributed by atoms with Crippen LogP contribution >= 0.6 is 11.3 Å². The summed E-state index contributed by atoms with van der Waals surface area (Å²) in [6, 6.07) is 11.6. The highest BCUT2D eigenvalue weighted by atomic mass is 32.2. The number of methoxy groups -OCH3 is 1. The van der Waals surface area contributed by atoms with Crippen molar-refractivity contribution in [2.24, 2.45) is 0 Å². The van der Waals surface area contributed by atoms with Crippen molar-refractivity contribution in [3.05, 3.63) is 58.9 Å². The van der Waals surface area contributed by atoms with Gasteiger partial charge >= 0.3 is 5.97 Å². The third-order valence-corrected chi connectivity index (χ3v) is 6.79. The second-order valence-corrected chi connectivity index (χ2v) is 9.78. The van der Waals surface area contributed by atoms with E-state index >= 15 is 0 Å². The number of anilines is 1. The lowest BCUT2D eigenvalue weighted by Crippen LogP contribution is -2.40. The molecule has 9 nitrogen and oxygen atoms in total. The normalized spacial score (nSPS) is 12.1. The molecule has 1 aromatic heterocycles. The van der Waals surface area contributed by atoms with Crippen LogP contribution in [0, 0.1) is 6.92 Å². The minimum Gasteiger partial charge on any atom is -0.497 e. The van der Waals surface area contributed by atoms with Gasteiger partial charge in [0, 0.05) is 16.6 Å². The molecule has 0 unspecified atom stereocenters. The second-order valence-electron chi connectivity index (χ2n) is 7.01. The van der Waals surface area contributed by atoms with Crippen LogP contribution in [0.5, 0.6) is 5.75 Å². The average Bonchev–Trinajstić information content (AvgIpc) is 3.23. The summed E-state index contributed by atoms with van der Waals surface area (Å²) >= 11 is 1.53. The smallest absolute Gasteiger partial charge is 0.324 e. The Morgan fingerprint density at radius 3 is 2.52 bits per heavy atom. The van der Waals surface area contributed by atoms with Crippen LogP contribution in [0.2, 0.25) is 0 Å². The van der Waals surface area contributed by atoms with E-state index in [2.05, 4.69) is 15.0 Å². The fourth-order valence-corrected chi connectivity index (χ4v) is 4.63. The summed E-state index contributed by atoms with van der Waals surface area (Å²) in [7, 11) is -2.49. The Kier molecular flexibility index (Phi) is 7.79. The molecule has 0 fully saturated rings. The van der Waals surface area contributed by atoms with E-state index in [1.807, 2.05) is 18.4 Å². The number of rotatable bonds is 9. The summed E-state index contributed by atoms with van der Waals surface area (Å²) in [5, 5.41) is 5.50. The van der Waals surface area contributed by atoms with E-state index in [-0.39, 0.29) is 4.90 Å². The van der Waals surface area contributed by atoms with Gasteiger partial charge in [-0.2, -0.15) is 4.72 Å². The topological polar surface area (TPSA) is 124 Å². The van der Waals surface area contributed by atoms with Crippen molar-refractivity contribution in [3.63, 3.8) is 0 Å². The first-order chi connectivity index (χ1) is 15.7. The minimum atomic E-state index is -3.96. The number of hydrogen-bond donors (Lipinski definition) is 2. The Bertz CT molecular complexity index is 1240. The van der Waals surface area contributed by atoms with Crippen molar-refractivity contribution in [1.29, 1.82) is 0 Å². The van der Waals surface area contributed by atoms with E-state index in [4.69, 9.17) is 9.47 Å². The molecule has 3 aromatic rings. The maximum absolute atomic E-state index is 12.4. The highest BCUT2D eigenvalue weighted by Crippen LogP contribution is 2.24. The van der Waals surface area contributed by atoms with Crippen LogP contribution in [0.1, 0.15) is 11.9 Å². The van der Waals surface area contributed by atoms with E-state index in [1.54, 1.807) is 18.2 Å². The summed E-state index contributed by atoms with van der Waals surface area (Å²) in [4.78, 5) is 28.8. The Morgan fingerprint density at radius 2 is 1.88 bits per heavy atom. The number of amides is 1. The number of carbonyl (C=O) groups excluding carboxylic acids is 2. The van der Waals surface area contributed by atoms with E-state index in [0.29, 0.717) is 11.4 Å². The van der Waals surface area contributed by atoms with Gasteiger partial charge in [0.2, 0.25) is 10.0 Å². The molecule has 0 spiro atoms. The quantitative estimate of drug-likeness (QED) is 0.443. The standard InChI is InChI=1S/C22H23N3O6S2/c1-14(25-33(28,29)19-9-7-18(30-3)8-10-19)22(27)31-12-21(26)24-17-6-4-5-16(11-17)20-13-32-15(2)23-20/h4-11,13-14,25H,12H2,1-3H3,(H,24,26)/t14-/m0/s1. The van der Waals surface area contributed by atoms with Gasteiger partial charge in [0.1, 0.15) is 11.8 Å². The van der Waals surface area contributed by atoms with E-state index in [0.717, 1.165) is 16.3 Å². The zero-order valence-corrected chi connectivity index (χ0v) is 19.8. The van der Waals surface area contributed by atoms with Gasteiger partial charge in [-0.3, -0.25) is 9.59 Å². The number of aromatic nitrogens is 1.